The molecule has 0 amide bonds. The van der Waals surface area contributed by atoms with Gasteiger partial charge in [-0.2, -0.15) is 5.26 Å². The Morgan fingerprint density at radius 3 is 2.73 bits per heavy atom. The second kappa shape index (κ2) is 16.5. The third-order valence-corrected chi connectivity index (χ3v) is 8.50. The summed E-state index contributed by atoms with van der Waals surface area (Å²) < 4.78 is 10.8. The maximum atomic E-state index is 12.3. The number of benzene rings is 1. The second-order valence-corrected chi connectivity index (χ2v) is 11.4. The molecule has 1 N–H and O–H groups in total. The Morgan fingerprint density at radius 1 is 1.27 bits per heavy atom. The lowest BCUT2D eigenvalue weighted by Gasteiger charge is -2.26. The molecule has 0 saturated carbocycles. The van der Waals surface area contributed by atoms with Crippen LogP contribution in [-0.2, 0) is 38.3 Å². The van der Waals surface area contributed by atoms with Gasteiger partial charge in [-0.3, -0.25) is 9.69 Å². The van der Waals surface area contributed by atoms with E-state index in [0.717, 1.165) is 52.3 Å². The second-order valence-electron chi connectivity index (χ2n) is 10.4. The number of morpholine rings is 1. The minimum Gasteiger partial charge on any atom is -0.464 e. The highest BCUT2D eigenvalue weighted by atomic mass is 32.2. The molecule has 216 valence electrons. The molecule has 2 atom stereocenters. The average Bonchev–Trinajstić information content (AvgIpc) is 2.95. The van der Waals surface area contributed by atoms with Gasteiger partial charge in [-0.1, -0.05) is 19.1 Å². The normalized spacial score (nSPS) is 15.3. The van der Waals surface area contributed by atoms with E-state index in [-0.39, 0.29) is 30.8 Å². The highest BCUT2D eigenvalue weighted by Gasteiger charge is 2.19. The smallest absolute Gasteiger partial charge is 0.306 e. The number of hydrogen-bond donors (Lipinski definition) is 1. The van der Waals surface area contributed by atoms with Crippen LogP contribution in [0.4, 0.5) is 0 Å². The predicted octanol–water partition coefficient (Wildman–Crippen LogP) is 3.70. The number of aldehydes is 1. The molecule has 1 aliphatic rings. The molecule has 3 rings (SSSR count). The standard InChI is InChI=1S/C31H41N3O5S/c1-22(28(20-36)21-40-30-17-23(2)29(8-12-35)24(3)33-30)16-25-4-5-27(19-32)26(18-25)6-7-31(37)39-15-11-34-9-13-38-14-10-34/h4-5,17-18,20,22,28,35H,6-16,21H2,1-3H3/t22-,28-/m1/s1. The third kappa shape index (κ3) is 9.70. The number of rotatable bonds is 15. The first kappa shape index (κ1) is 31.8. The SMILES string of the molecule is Cc1cc(SC[C@@H](C=O)[C@H](C)Cc2ccc(C#N)c(CCC(=O)OCCN3CCOCC3)c2)nc(C)c1CCO. The number of nitrogens with zero attached hydrogens (tertiary/aromatic N) is 3. The van der Waals surface area contributed by atoms with Crippen LogP contribution >= 0.6 is 11.8 Å². The van der Waals surface area contributed by atoms with Crippen molar-refractivity contribution in [1.29, 1.82) is 5.26 Å². The van der Waals surface area contributed by atoms with Gasteiger partial charge in [0, 0.05) is 50.0 Å². The van der Waals surface area contributed by atoms with E-state index in [1.54, 1.807) is 17.8 Å². The van der Waals surface area contributed by atoms with Gasteiger partial charge < -0.3 is 19.4 Å². The number of thioether (sulfide) groups is 1. The number of carbonyl (C=O) groups is 2. The Morgan fingerprint density at radius 2 is 2.05 bits per heavy atom. The van der Waals surface area contributed by atoms with Gasteiger partial charge in [-0.05, 0) is 73.4 Å². The van der Waals surface area contributed by atoms with Crippen molar-refractivity contribution in [2.45, 2.75) is 51.5 Å². The van der Waals surface area contributed by atoms with Crippen LogP contribution in [0.3, 0.4) is 0 Å². The maximum absolute atomic E-state index is 12.3. The quantitative estimate of drug-likeness (QED) is 0.196. The van der Waals surface area contributed by atoms with Crippen LogP contribution < -0.4 is 0 Å². The first-order chi connectivity index (χ1) is 19.3. The average molecular weight is 568 g/mol. The predicted molar refractivity (Wildman–Crippen MR) is 155 cm³/mol. The molecule has 1 saturated heterocycles. The molecule has 1 aliphatic heterocycles. The number of aryl methyl sites for hydroxylation is 3. The topological polar surface area (TPSA) is 113 Å². The summed E-state index contributed by atoms with van der Waals surface area (Å²) in [6.45, 7) is 10.3. The van der Waals surface area contributed by atoms with Crippen molar-refractivity contribution in [2.75, 3.05) is 51.8 Å². The third-order valence-electron chi connectivity index (χ3n) is 7.44. The molecular weight excluding hydrogens is 526 g/mol. The highest BCUT2D eigenvalue weighted by molar-refractivity contribution is 7.99. The molecule has 1 fully saturated rings. The van der Waals surface area contributed by atoms with E-state index in [2.05, 4.69) is 22.9 Å². The van der Waals surface area contributed by atoms with Gasteiger partial charge in [0.05, 0.1) is 29.9 Å². The molecule has 2 heterocycles. The van der Waals surface area contributed by atoms with Gasteiger partial charge in [0.2, 0.25) is 0 Å². The Labute approximate surface area is 242 Å². The number of hydrogen-bond acceptors (Lipinski definition) is 9. The summed E-state index contributed by atoms with van der Waals surface area (Å²) in [4.78, 5) is 31.2. The first-order valence-electron chi connectivity index (χ1n) is 14.0. The van der Waals surface area contributed by atoms with Gasteiger partial charge in [-0.25, -0.2) is 4.98 Å². The molecule has 0 spiro atoms. The van der Waals surface area contributed by atoms with Gasteiger partial charge in [0.25, 0.3) is 0 Å². The largest absolute Gasteiger partial charge is 0.464 e. The van der Waals surface area contributed by atoms with E-state index in [9.17, 15) is 20.0 Å². The number of ether oxygens (including phenoxy) is 2. The molecule has 0 aliphatic carbocycles. The highest BCUT2D eigenvalue weighted by Crippen LogP contribution is 2.27. The Hall–Kier alpha value is -2.77. The summed E-state index contributed by atoms with van der Waals surface area (Å²) in [5, 5.41) is 19.8. The van der Waals surface area contributed by atoms with Gasteiger partial charge in [-0.15, -0.1) is 11.8 Å². The van der Waals surface area contributed by atoms with Crippen LogP contribution in [0.1, 0.15) is 46.9 Å². The summed E-state index contributed by atoms with van der Waals surface area (Å²) in [6.07, 6.45) is 2.95. The van der Waals surface area contributed by atoms with Gasteiger partial charge in [0.1, 0.15) is 12.9 Å². The van der Waals surface area contributed by atoms with Crippen molar-refractivity contribution < 1.29 is 24.2 Å². The minimum absolute atomic E-state index is 0.0896. The summed E-state index contributed by atoms with van der Waals surface area (Å²) in [6, 6.07) is 9.97. The van der Waals surface area contributed by atoms with Crippen molar-refractivity contribution in [1.82, 2.24) is 9.88 Å². The van der Waals surface area contributed by atoms with Gasteiger partial charge >= 0.3 is 5.97 Å². The fourth-order valence-electron chi connectivity index (χ4n) is 4.94. The minimum atomic E-state index is -0.266. The number of nitriles is 1. The molecule has 9 heteroatoms. The molecule has 0 unspecified atom stereocenters. The summed E-state index contributed by atoms with van der Waals surface area (Å²) in [7, 11) is 0. The fraction of sp³-hybridized carbons (Fsp3) is 0.548. The Balaban J connectivity index is 1.53. The van der Waals surface area contributed by atoms with Crippen LogP contribution in [-0.4, -0.2) is 79.1 Å². The van der Waals surface area contributed by atoms with Crippen LogP contribution in [0.15, 0.2) is 29.3 Å². The summed E-state index contributed by atoms with van der Waals surface area (Å²) in [5.74, 6) is 0.282. The molecule has 1 aromatic carbocycles. The van der Waals surface area contributed by atoms with Crippen molar-refractivity contribution in [3.63, 3.8) is 0 Å². The number of aromatic nitrogens is 1. The molecule has 1 aromatic heterocycles. The maximum Gasteiger partial charge on any atom is 0.306 e. The Bertz CT molecular complexity index is 1150. The zero-order valence-electron chi connectivity index (χ0n) is 23.9. The number of pyridine rings is 1. The molecular formula is C31H41N3O5S. The Kier molecular flexibility index (Phi) is 13.1. The lowest BCUT2D eigenvalue weighted by Crippen LogP contribution is -2.38. The van der Waals surface area contributed by atoms with Crippen LogP contribution in [0.5, 0.6) is 0 Å². The number of aliphatic hydroxyl groups is 1. The number of aliphatic hydroxyl groups excluding tert-OH is 1. The van der Waals surface area contributed by atoms with E-state index in [0.29, 0.717) is 56.9 Å². The first-order valence-corrected chi connectivity index (χ1v) is 15.0. The number of carbonyl (C=O) groups excluding carboxylic acids is 2. The molecule has 8 nitrogen and oxygen atoms in total. The van der Waals surface area contributed by atoms with E-state index >= 15 is 0 Å². The van der Waals surface area contributed by atoms with Crippen LogP contribution in [0, 0.1) is 37.0 Å². The van der Waals surface area contributed by atoms with Crippen LogP contribution in [0.2, 0.25) is 0 Å². The lowest BCUT2D eigenvalue weighted by atomic mass is 9.89. The summed E-state index contributed by atoms with van der Waals surface area (Å²) in [5.41, 5.74) is 5.51. The molecule has 0 bridgehead atoms. The fourth-order valence-corrected chi connectivity index (χ4v) is 6.17. The van der Waals surface area contributed by atoms with E-state index in [1.807, 2.05) is 32.0 Å². The van der Waals surface area contributed by atoms with Crippen molar-refractivity contribution >= 4 is 24.0 Å². The zero-order chi connectivity index (χ0) is 28.9. The van der Waals surface area contributed by atoms with Crippen molar-refractivity contribution in [3.8, 4) is 6.07 Å². The van der Waals surface area contributed by atoms with E-state index in [4.69, 9.17) is 9.47 Å². The lowest BCUT2D eigenvalue weighted by molar-refractivity contribution is -0.144. The van der Waals surface area contributed by atoms with E-state index < -0.39 is 0 Å². The van der Waals surface area contributed by atoms with Crippen molar-refractivity contribution in [3.05, 3.63) is 57.8 Å². The summed E-state index contributed by atoms with van der Waals surface area (Å²) >= 11 is 1.57. The van der Waals surface area contributed by atoms with Gasteiger partial charge in [0.15, 0.2) is 0 Å². The van der Waals surface area contributed by atoms with E-state index in [1.165, 1.54) is 0 Å². The van der Waals surface area contributed by atoms with Crippen LogP contribution in [0.25, 0.3) is 0 Å². The zero-order valence-corrected chi connectivity index (χ0v) is 24.7. The molecule has 40 heavy (non-hydrogen) atoms. The van der Waals surface area contributed by atoms with Crippen molar-refractivity contribution in [2.24, 2.45) is 11.8 Å². The monoisotopic (exact) mass is 567 g/mol. The molecule has 0 radical (unpaired) electrons. The molecule has 2 aromatic rings. The number of esters is 1.